The maximum Gasteiger partial charge on any atom is 0.278 e. The van der Waals surface area contributed by atoms with Crippen LogP contribution in [0.25, 0.3) is 0 Å². The molecular weight excluding hydrogens is 362 g/mol. The molecule has 0 amide bonds. The van der Waals surface area contributed by atoms with Crippen molar-refractivity contribution in [1.29, 1.82) is 0 Å². The zero-order chi connectivity index (χ0) is 19.5. The number of aromatic nitrogens is 1. The Hall–Kier alpha value is -2.46. The van der Waals surface area contributed by atoms with Crippen LogP contribution in [0.4, 0.5) is 0 Å². The summed E-state index contributed by atoms with van der Waals surface area (Å²) < 4.78 is 29.6. The molecule has 138 valence electrons. The monoisotopic (exact) mass is 379 g/mol. The van der Waals surface area contributed by atoms with E-state index in [0.717, 1.165) is 6.92 Å². The van der Waals surface area contributed by atoms with Gasteiger partial charge in [0, 0.05) is 35.5 Å². The van der Waals surface area contributed by atoms with E-state index >= 15 is 0 Å². The van der Waals surface area contributed by atoms with E-state index in [0.29, 0.717) is 5.56 Å². The molecule has 0 bridgehead atoms. The number of benzene rings is 1. The van der Waals surface area contributed by atoms with Gasteiger partial charge in [-0.05, 0) is 13.0 Å². The standard InChI is InChI=1S/C11H10O5S.C6H7NO2/c1-11(17(14,15)16)6-9(12)7-4-2-3-5-8(7)10(11)13;8-6(9)5-2-1-3-7-4-5/h2-5H,6H2,1H3,(H,14,15,16);1-4,6,8-9H. The number of hydrogen-bond acceptors (Lipinski definition) is 7. The van der Waals surface area contributed by atoms with Gasteiger partial charge in [-0.2, -0.15) is 8.42 Å². The topological polar surface area (TPSA) is 142 Å². The van der Waals surface area contributed by atoms with Gasteiger partial charge < -0.3 is 10.2 Å². The number of aliphatic hydroxyl groups is 2. The lowest BCUT2D eigenvalue weighted by Gasteiger charge is -2.29. The second-order valence-corrected chi connectivity index (χ2v) is 7.69. The van der Waals surface area contributed by atoms with Crippen molar-refractivity contribution in [3.63, 3.8) is 0 Å². The molecule has 1 aromatic carbocycles. The third kappa shape index (κ3) is 3.86. The SMILES string of the molecule is CC1(S(=O)(=O)O)CC(=O)c2ccccc2C1=O.OC(O)c1cccnc1. The molecule has 3 N–H and O–H groups in total. The summed E-state index contributed by atoms with van der Waals surface area (Å²) in [6, 6.07) is 9.24. The molecule has 0 spiro atoms. The van der Waals surface area contributed by atoms with Crippen LogP contribution in [-0.4, -0.2) is 44.5 Å². The van der Waals surface area contributed by atoms with Crippen LogP contribution in [0, 0.1) is 0 Å². The number of nitrogens with zero attached hydrogens (tertiary/aromatic N) is 1. The van der Waals surface area contributed by atoms with Gasteiger partial charge in [0.25, 0.3) is 10.1 Å². The van der Waals surface area contributed by atoms with Gasteiger partial charge in [-0.3, -0.25) is 19.1 Å². The van der Waals surface area contributed by atoms with Crippen LogP contribution in [0.2, 0.25) is 0 Å². The first-order valence-corrected chi connectivity index (χ1v) is 8.92. The highest BCUT2D eigenvalue weighted by Crippen LogP contribution is 2.33. The van der Waals surface area contributed by atoms with Gasteiger partial charge in [0.05, 0.1) is 0 Å². The Kier molecular flexibility index (Phi) is 5.67. The summed E-state index contributed by atoms with van der Waals surface area (Å²) in [5.74, 6) is -1.20. The predicted molar refractivity (Wildman–Crippen MR) is 91.1 cm³/mol. The van der Waals surface area contributed by atoms with Gasteiger partial charge in [0.15, 0.2) is 22.6 Å². The third-order valence-electron chi connectivity index (χ3n) is 4.00. The molecule has 0 saturated carbocycles. The largest absolute Gasteiger partial charge is 0.364 e. The van der Waals surface area contributed by atoms with Gasteiger partial charge in [0.1, 0.15) is 0 Å². The second kappa shape index (κ2) is 7.42. The van der Waals surface area contributed by atoms with E-state index in [1.54, 1.807) is 30.5 Å². The van der Waals surface area contributed by atoms with Crippen molar-refractivity contribution >= 4 is 21.7 Å². The minimum Gasteiger partial charge on any atom is -0.364 e. The van der Waals surface area contributed by atoms with Crippen molar-refractivity contribution < 1.29 is 32.8 Å². The lowest BCUT2D eigenvalue weighted by Crippen LogP contribution is -2.48. The normalized spacial score (nSPS) is 19.6. The van der Waals surface area contributed by atoms with E-state index in [1.807, 2.05) is 0 Å². The molecule has 2 aromatic rings. The molecule has 9 heteroatoms. The quantitative estimate of drug-likeness (QED) is 0.521. The second-order valence-electron chi connectivity index (χ2n) is 5.84. The lowest BCUT2D eigenvalue weighted by atomic mass is 9.82. The lowest BCUT2D eigenvalue weighted by molar-refractivity contribution is -0.0427. The number of aliphatic hydroxyl groups excluding tert-OH is 1. The Morgan fingerprint density at radius 2 is 1.69 bits per heavy atom. The first-order chi connectivity index (χ1) is 12.1. The summed E-state index contributed by atoms with van der Waals surface area (Å²) >= 11 is 0. The zero-order valence-electron chi connectivity index (χ0n) is 13.7. The molecule has 0 saturated heterocycles. The molecule has 0 aliphatic heterocycles. The summed E-state index contributed by atoms with van der Waals surface area (Å²) in [6.07, 6.45) is 1.05. The van der Waals surface area contributed by atoms with E-state index in [1.165, 1.54) is 18.3 Å². The molecule has 1 unspecified atom stereocenters. The Labute approximate surface area is 149 Å². The molecule has 26 heavy (non-hydrogen) atoms. The average Bonchev–Trinajstić information content (AvgIpc) is 2.60. The molecule has 0 fully saturated rings. The number of hydrogen-bond donors (Lipinski definition) is 3. The molecule has 1 aliphatic carbocycles. The number of pyridine rings is 1. The van der Waals surface area contributed by atoms with Crippen LogP contribution in [-0.2, 0) is 10.1 Å². The van der Waals surface area contributed by atoms with Crippen molar-refractivity contribution in [2.75, 3.05) is 0 Å². The average molecular weight is 379 g/mol. The highest BCUT2D eigenvalue weighted by atomic mass is 32.2. The van der Waals surface area contributed by atoms with E-state index in [9.17, 15) is 18.0 Å². The van der Waals surface area contributed by atoms with Crippen LogP contribution in [0.1, 0.15) is 45.9 Å². The van der Waals surface area contributed by atoms with E-state index in [4.69, 9.17) is 14.8 Å². The Balaban J connectivity index is 0.000000228. The molecule has 8 nitrogen and oxygen atoms in total. The minimum absolute atomic E-state index is 0.0453. The number of Topliss-reactive ketones (excluding diaryl/α,β-unsaturated/α-hetero) is 2. The predicted octanol–water partition coefficient (Wildman–Crippen LogP) is 1.17. The van der Waals surface area contributed by atoms with Gasteiger partial charge in [-0.15, -0.1) is 0 Å². The number of carbonyl (C=O) groups excluding carboxylic acids is 2. The van der Waals surface area contributed by atoms with Gasteiger partial charge in [-0.1, -0.05) is 30.3 Å². The summed E-state index contributed by atoms with van der Waals surface area (Å²) in [6.45, 7) is 1.07. The number of ketones is 2. The first-order valence-electron chi connectivity index (χ1n) is 7.48. The maximum absolute atomic E-state index is 12.0. The fourth-order valence-electron chi connectivity index (χ4n) is 2.43. The Bertz CT molecular complexity index is 925. The zero-order valence-corrected chi connectivity index (χ0v) is 14.5. The van der Waals surface area contributed by atoms with Crippen LogP contribution in [0.15, 0.2) is 48.8 Å². The van der Waals surface area contributed by atoms with Gasteiger partial charge in [0.2, 0.25) is 0 Å². The molecule has 1 heterocycles. The summed E-state index contributed by atoms with van der Waals surface area (Å²) in [7, 11) is -4.62. The smallest absolute Gasteiger partial charge is 0.278 e. The first kappa shape index (κ1) is 19.9. The maximum atomic E-state index is 12.0. The van der Waals surface area contributed by atoms with Crippen molar-refractivity contribution in [1.82, 2.24) is 4.98 Å². The van der Waals surface area contributed by atoms with E-state index in [2.05, 4.69) is 4.98 Å². The van der Waals surface area contributed by atoms with Gasteiger partial charge in [-0.25, -0.2) is 0 Å². The Morgan fingerprint density at radius 3 is 2.15 bits per heavy atom. The van der Waals surface area contributed by atoms with Crippen molar-refractivity contribution in [2.45, 2.75) is 24.4 Å². The highest BCUT2D eigenvalue weighted by Gasteiger charge is 2.51. The van der Waals surface area contributed by atoms with Crippen LogP contribution < -0.4 is 0 Å². The minimum atomic E-state index is -4.62. The van der Waals surface area contributed by atoms with Crippen LogP contribution in [0.3, 0.4) is 0 Å². The fraction of sp³-hybridized carbons (Fsp3) is 0.235. The highest BCUT2D eigenvalue weighted by molar-refractivity contribution is 7.88. The molecule has 0 radical (unpaired) electrons. The summed E-state index contributed by atoms with van der Waals surface area (Å²) in [5, 5.41) is 17.1. The third-order valence-corrected chi connectivity index (χ3v) is 5.47. The Morgan fingerprint density at radius 1 is 1.08 bits per heavy atom. The van der Waals surface area contributed by atoms with E-state index < -0.39 is 39.1 Å². The number of fused-ring (bicyclic) bond motifs is 1. The molecule has 3 rings (SSSR count). The summed E-state index contributed by atoms with van der Waals surface area (Å²) in [4.78, 5) is 27.5. The van der Waals surface area contributed by atoms with E-state index in [-0.39, 0.29) is 11.1 Å². The molecule has 1 aromatic heterocycles. The van der Waals surface area contributed by atoms with Crippen LogP contribution in [0.5, 0.6) is 0 Å². The van der Waals surface area contributed by atoms with Crippen molar-refractivity contribution in [2.24, 2.45) is 0 Å². The molecule has 1 atom stereocenters. The summed E-state index contributed by atoms with van der Waals surface area (Å²) in [5.41, 5.74) is 0.667. The van der Waals surface area contributed by atoms with Crippen molar-refractivity contribution in [3.05, 3.63) is 65.5 Å². The van der Waals surface area contributed by atoms with Crippen molar-refractivity contribution in [3.8, 4) is 0 Å². The fourth-order valence-corrected chi connectivity index (χ4v) is 3.09. The molecule has 1 aliphatic rings. The van der Waals surface area contributed by atoms with Crippen LogP contribution >= 0.6 is 0 Å². The number of carbonyl (C=O) groups is 2. The van der Waals surface area contributed by atoms with Gasteiger partial charge >= 0.3 is 0 Å². The molecular formula is C17H17NO7S. The number of rotatable bonds is 2.